The number of hydrogen-bond donors (Lipinski definition) is 3. The van der Waals surface area contributed by atoms with Crippen molar-refractivity contribution >= 4 is 27.7 Å². The molecule has 0 aromatic heterocycles. The van der Waals surface area contributed by atoms with E-state index in [-0.39, 0.29) is 11.4 Å². The van der Waals surface area contributed by atoms with Gasteiger partial charge in [-0.05, 0) is 52.3 Å². The van der Waals surface area contributed by atoms with E-state index in [9.17, 15) is 23.1 Å². The van der Waals surface area contributed by atoms with Crippen LogP contribution < -0.4 is 10.0 Å². The second-order valence-corrected chi connectivity index (χ2v) is 9.53. The van der Waals surface area contributed by atoms with Crippen LogP contribution in [0.3, 0.4) is 0 Å². The van der Waals surface area contributed by atoms with Gasteiger partial charge in [0.05, 0.1) is 10.3 Å². The summed E-state index contributed by atoms with van der Waals surface area (Å²) in [5.74, 6) is -0.936. The van der Waals surface area contributed by atoms with Crippen molar-refractivity contribution in [2.24, 2.45) is 5.41 Å². The summed E-state index contributed by atoms with van der Waals surface area (Å²) in [6.45, 7) is 7.26. The van der Waals surface area contributed by atoms with Gasteiger partial charge in [-0.1, -0.05) is 6.07 Å². The number of amides is 2. The molecule has 1 aliphatic heterocycles. The Hall–Kier alpha value is -2.13. The molecule has 1 saturated heterocycles. The average molecular weight is 383 g/mol. The molecule has 1 unspecified atom stereocenters. The van der Waals surface area contributed by atoms with E-state index < -0.39 is 33.0 Å². The number of carboxylic acid groups (broad SMARTS) is 1. The number of likely N-dealkylation sites (tertiary alicyclic amines) is 1. The highest BCUT2D eigenvalue weighted by atomic mass is 32.2. The van der Waals surface area contributed by atoms with Gasteiger partial charge in [0.1, 0.15) is 0 Å². The van der Waals surface area contributed by atoms with Crippen LogP contribution >= 0.6 is 0 Å². The van der Waals surface area contributed by atoms with Crippen LogP contribution in [0.25, 0.3) is 0 Å². The molecule has 1 atom stereocenters. The van der Waals surface area contributed by atoms with Crippen molar-refractivity contribution in [2.45, 2.75) is 44.6 Å². The highest BCUT2D eigenvalue weighted by Gasteiger charge is 2.42. The highest BCUT2D eigenvalue weighted by molar-refractivity contribution is 7.89. The van der Waals surface area contributed by atoms with E-state index >= 15 is 0 Å². The molecular weight excluding hydrogens is 358 g/mol. The van der Waals surface area contributed by atoms with Crippen LogP contribution in [-0.2, 0) is 14.8 Å². The van der Waals surface area contributed by atoms with Gasteiger partial charge in [0.15, 0.2) is 0 Å². The minimum absolute atomic E-state index is 0.0435. The summed E-state index contributed by atoms with van der Waals surface area (Å²) in [4.78, 5) is 25.1. The number of sulfonamides is 1. The van der Waals surface area contributed by atoms with Crippen molar-refractivity contribution < 1.29 is 23.1 Å². The standard InChI is InChI=1S/C17H25N3O5S/c1-16(2,3)19-26(24,25)13-7-5-6-12(10-13)18-15(23)20-9-8-17(4,11-20)14(21)22/h5-7,10,19H,8-9,11H2,1-4H3,(H,18,23)(H,21,22). The summed E-state index contributed by atoms with van der Waals surface area (Å²) in [5, 5.41) is 11.9. The summed E-state index contributed by atoms with van der Waals surface area (Å²) in [6, 6.07) is 5.49. The van der Waals surface area contributed by atoms with Gasteiger partial charge in [-0.3, -0.25) is 4.79 Å². The van der Waals surface area contributed by atoms with Crippen molar-refractivity contribution in [3.63, 3.8) is 0 Å². The lowest BCUT2D eigenvalue weighted by atomic mass is 9.90. The van der Waals surface area contributed by atoms with Crippen LogP contribution in [0.2, 0.25) is 0 Å². The quantitative estimate of drug-likeness (QED) is 0.736. The Labute approximate surface area is 153 Å². The zero-order valence-corrected chi connectivity index (χ0v) is 16.2. The number of carbonyl (C=O) groups is 2. The van der Waals surface area contributed by atoms with E-state index in [1.54, 1.807) is 33.8 Å². The lowest BCUT2D eigenvalue weighted by molar-refractivity contribution is -0.146. The second-order valence-electron chi connectivity index (χ2n) is 7.85. The number of aliphatic carboxylic acids is 1. The Morgan fingerprint density at radius 1 is 1.27 bits per heavy atom. The lowest BCUT2D eigenvalue weighted by Crippen LogP contribution is -2.40. The smallest absolute Gasteiger partial charge is 0.321 e. The van der Waals surface area contributed by atoms with Crippen LogP contribution in [0, 0.1) is 5.41 Å². The molecule has 26 heavy (non-hydrogen) atoms. The fraction of sp³-hybridized carbons (Fsp3) is 0.529. The molecule has 2 amide bonds. The number of benzene rings is 1. The third-order valence-corrected chi connectivity index (χ3v) is 5.87. The van der Waals surface area contributed by atoms with Gasteiger partial charge in [-0.2, -0.15) is 0 Å². The monoisotopic (exact) mass is 383 g/mol. The Balaban J connectivity index is 2.12. The number of urea groups is 1. The third kappa shape index (κ3) is 4.73. The van der Waals surface area contributed by atoms with Crippen LogP contribution in [0.4, 0.5) is 10.5 Å². The predicted molar refractivity (Wildman–Crippen MR) is 97.5 cm³/mol. The van der Waals surface area contributed by atoms with Gasteiger partial charge in [-0.25, -0.2) is 17.9 Å². The van der Waals surface area contributed by atoms with E-state index in [1.807, 2.05) is 0 Å². The van der Waals surface area contributed by atoms with Gasteiger partial charge in [-0.15, -0.1) is 0 Å². The zero-order valence-electron chi connectivity index (χ0n) is 15.4. The zero-order chi connectivity index (χ0) is 19.8. The topological polar surface area (TPSA) is 116 Å². The van der Waals surface area contributed by atoms with Crippen molar-refractivity contribution in [2.75, 3.05) is 18.4 Å². The summed E-state index contributed by atoms with van der Waals surface area (Å²) in [7, 11) is -3.72. The third-order valence-electron chi connectivity index (χ3n) is 4.11. The highest BCUT2D eigenvalue weighted by Crippen LogP contribution is 2.30. The molecule has 8 nitrogen and oxygen atoms in total. The van der Waals surface area contributed by atoms with E-state index in [0.29, 0.717) is 18.7 Å². The Morgan fingerprint density at radius 3 is 2.46 bits per heavy atom. The van der Waals surface area contributed by atoms with Gasteiger partial charge < -0.3 is 15.3 Å². The minimum atomic E-state index is -3.72. The number of nitrogens with zero attached hydrogens (tertiary/aromatic N) is 1. The van der Waals surface area contributed by atoms with Crippen LogP contribution in [0.5, 0.6) is 0 Å². The molecule has 144 valence electrons. The molecule has 1 fully saturated rings. The molecule has 0 radical (unpaired) electrons. The molecule has 9 heteroatoms. The first-order valence-electron chi connectivity index (χ1n) is 8.26. The van der Waals surface area contributed by atoms with E-state index in [2.05, 4.69) is 10.0 Å². The number of rotatable bonds is 4. The summed E-state index contributed by atoms with van der Waals surface area (Å²) in [6.07, 6.45) is 0.375. The summed E-state index contributed by atoms with van der Waals surface area (Å²) in [5.41, 5.74) is -1.26. The molecule has 1 aliphatic rings. The largest absolute Gasteiger partial charge is 0.481 e. The van der Waals surface area contributed by atoms with Crippen molar-refractivity contribution in [1.82, 2.24) is 9.62 Å². The van der Waals surface area contributed by atoms with Gasteiger partial charge in [0.2, 0.25) is 10.0 Å². The molecule has 1 aromatic carbocycles. The number of carboxylic acids is 1. The van der Waals surface area contributed by atoms with E-state index in [4.69, 9.17) is 0 Å². The first-order chi connectivity index (χ1) is 11.8. The maximum Gasteiger partial charge on any atom is 0.321 e. The fourth-order valence-electron chi connectivity index (χ4n) is 2.71. The summed E-state index contributed by atoms with van der Waals surface area (Å²) < 4.78 is 27.4. The number of hydrogen-bond acceptors (Lipinski definition) is 4. The van der Waals surface area contributed by atoms with Crippen molar-refractivity contribution in [3.05, 3.63) is 24.3 Å². The molecular formula is C17H25N3O5S. The maximum absolute atomic E-state index is 12.4. The van der Waals surface area contributed by atoms with Gasteiger partial charge >= 0.3 is 12.0 Å². The van der Waals surface area contributed by atoms with E-state index in [1.165, 1.54) is 23.1 Å². The average Bonchev–Trinajstić information content (AvgIpc) is 2.89. The molecule has 0 spiro atoms. The van der Waals surface area contributed by atoms with E-state index in [0.717, 1.165) is 0 Å². The molecule has 0 aliphatic carbocycles. The fourth-order valence-corrected chi connectivity index (χ4v) is 4.18. The Morgan fingerprint density at radius 2 is 1.92 bits per heavy atom. The SMILES string of the molecule is CC(C)(C)NS(=O)(=O)c1cccc(NC(=O)N2CCC(C)(C(=O)O)C2)c1. The second kappa shape index (κ2) is 6.88. The molecule has 2 rings (SSSR count). The molecule has 0 saturated carbocycles. The first kappa shape index (κ1) is 20.2. The predicted octanol–water partition coefficient (Wildman–Crippen LogP) is 2.09. The number of carbonyl (C=O) groups excluding carboxylic acids is 1. The molecule has 0 bridgehead atoms. The number of anilines is 1. The Bertz CT molecular complexity index is 816. The molecule has 1 heterocycles. The summed E-state index contributed by atoms with van der Waals surface area (Å²) >= 11 is 0. The van der Waals surface area contributed by atoms with Crippen LogP contribution in [0.15, 0.2) is 29.2 Å². The normalized spacial score (nSPS) is 20.8. The van der Waals surface area contributed by atoms with Crippen molar-refractivity contribution in [3.8, 4) is 0 Å². The maximum atomic E-state index is 12.4. The molecule has 1 aromatic rings. The first-order valence-corrected chi connectivity index (χ1v) is 9.74. The number of nitrogens with one attached hydrogen (secondary N) is 2. The molecule has 3 N–H and O–H groups in total. The van der Waals surface area contributed by atoms with Crippen LogP contribution in [0.1, 0.15) is 34.1 Å². The van der Waals surface area contributed by atoms with Gasteiger partial charge in [0.25, 0.3) is 0 Å². The Kier molecular flexibility index (Phi) is 5.34. The minimum Gasteiger partial charge on any atom is -0.481 e. The lowest BCUT2D eigenvalue weighted by Gasteiger charge is -2.21. The van der Waals surface area contributed by atoms with Crippen molar-refractivity contribution in [1.29, 1.82) is 0 Å². The van der Waals surface area contributed by atoms with Gasteiger partial charge in [0, 0.05) is 24.3 Å². The van der Waals surface area contributed by atoms with Crippen LogP contribution in [-0.4, -0.2) is 49.1 Å².